The van der Waals surface area contributed by atoms with Crippen LogP contribution < -0.4 is 22.3 Å². The lowest BCUT2D eigenvalue weighted by molar-refractivity contribution is -0.946. The van der Waals surface area contributed by atoms with Crippen LogP contribution in [0.5, 0.6) is 5.75 Å². The molecule has 298 valence electrons. The van der Waals surface area contributed by atoms with Gasteiger partial charge in [-0.3, -0.25) is 0 Å². The molecule has 55 heavy (non-hydrogen) atoms. The SMILES string of the molecule is OCc1cc([C@@H](O)CNCCOCc2ccc(COCC[N+]34CCC(CC3)[C@@H](OC[C@@](O)(c3cccc5ccccc35)C3CCCC3)C4)cc2)ccc1O.[Br-]. The topological polar surface area (TPSA) is 121 Å². The van der Waals surface area contributed by atoms with Crippen LogP contribution in [0.25, 0.3) is 10.8 Å². The molecule has 0 spiro atoms. The molecule has 3 saturated heterocycles. The van der Waals surface area contributed by atoms with E-state index in [0.29, 0.717) is 63.2 Å². The van der Waals surface area contributed by atoms with Crippen molar-refractivity contribution in [3.8, 4) is 5.75 Å². The Kier molecular flexibility index (Phi) is 14.8. The maximum absolute atomic E-state index is 12.5. The first-order valence-electron chi connectivity index (χ1n) is 20.1. The summed E-state index contributed by atoms with van der Waals surface area (Å²) in [5.41, 5.74) is 3.33. The Balaban J connectivity index is 0.00000514. The summed E-state index contributed by atoms with van der Waals surface area (Å²) < 4.78 is 20.0. The molecular weight excluding hydrogens is 760 g/mol. The summed E-state index contributed by atoms with van der Waals surface area (Å²) in [5, 5.41) is 47.5. The normalized spacial score (nSPS) is 22.7. The van der Waals surface area contributed by atoms with Crippen molar-refractivity contribution in [2.45, 2.75) is 76.2 Å². The largest absolute Gasteiger partial charge is 1.00 e. The number of halogens is 1. The van der Waals surface area contributed by atoms with Crippen LogP contribution in [0.1, 0.15) is 72.4 Å². The Hall–Kier alpha value is -2.90. The number of hydrogen-bond acceptors (Lipinski definition) is 8. The highest BCUT2D eigenvalue weighted by Crippen LogP contribution is 2.44. The fourth-order valence-corrected chi connectivity index (χ4v) is 9.19. The van der Waals surface area contributed by atoms with Gasteiger partial charge in [0.1, 0.15) is 30.5 Å². The number of benzene rings is 4. The van der Waals surface area contributed by atoms with E-state index >= 15 is 0 Å². The lowest BCUT2D eigenvalue weighted by Crippen LogP contribution is -3.00. The number of fused-ring (bicyclic) bond motifs is 4. The number of rotatable bonds is 19. The van der Waals surface area contributed by atoms with Gasteiger partial charge in [-0.25, -0.2) is 0 Å². The number of nitrogens with zero attached hydrogens (tertiary/aromatic N) is 1. The molecule has 8 rings (SSSR count). The Morgan fingerprint density at radius 2 is 1.53 bits per heavy atom. The van der Waals surface area contributed by atoms with Gasteiger partial charge in [0, 0.05) is 37.4 Å². The van der Waals surface area contributed by atoms with Gasteiger partial charge in [-0.1, -0.05) is 85.6 Å². The summed E-state index contributed by atoms with van der Waals surface area (Å²) in [6.45, 7) is 7.67. The van der Waals surface area contributed by atoms with E-state index in [-0.39, 0.29) is 41.4 Å². The fourth-order valence-electron chi connectivity index (χ4n) is 9.19. The lowest BCUT2D eigenvalue weighted by Gasteiger charge is -2.52. The number of ether oxygens (including phenoxy) is 3. The van der Waals surface area contributed by atoms with Crippen molar-refractivity contribution in [2.75, 3.05) is 59.1 Å². The smallest absolute Gasteiger partial charge is 0.121 e. The third-order valence-electron chi connectivity index (χ3n) is 12.5. The van der Waals surface area contributed by atoms with E-state index in [2.05, 4.69) is 72.0 Å². The number of quaternary nitrogens is 1. The molecule has 4 aliphatic rings. The molecule has 2 bridgehead atoms. The first-order chi connectivity index (χ1) is 26.4. The van der Waals surface area contributed by atoms with E-state index < -0.39 is 11.7 Å². The van der Waals surface area contributed by atoms with Gasteiger partial charge in [-0.2, -0.15) is 0 Å². The van der Waals surface area contributed by atoms with Crippen molar-refractivity contribution < 1.29 is 56.1 Å². The molecular formula is C45H59BrN2O7. The average molecular weight is 820 g/mol. The maximum atomic E-state index is 12.5. The number of phenols is 1. The van der Waals surface area contributed by atoms with Gasteiger partial charge in [-0.05, 0) is 63.9 Å². The molecule has 10 heteroatoms. The number of aliphatic hydroxyl groups is 3. The summed E-state index contributed by atoms with van der Waals surface area (Å²) in [5.74, 6) is 0.809. The quantitative estimate of drug-likeness (QED) is 0.0725. The third kappa shape index (κ3) is 10.2. The fraction of sp³-hybridized carbons (Fsp3) is 0.511. The van der Waals surface area contributed by atoms with Gasteiger partial charge >= 0.3 is 0 Å². The Morgan fingerprint density at radius 1 is 0.836 bits per heavy atom. The van der Waals surface area contributed by atoms with Crippen LogP contribution in [-0.2, 0) is 39.6 Å². The highest BCUT2D eigenvalue weighted by Gasteiger charge is 2.48. The first-order valence-corrected chi connectivity index (χ1v) is 20.1. The van der Waals surface area contributed by atoms with Gasteiger partial charge < -0.3 is 61.4 Å². The molecule has 4 fully saturated rings. The molecule has 3 aliphatic heterocycles. The number of nitrogens with one attached hydrogen (secondary N) is 1. The van der Waals surface area contributed by atoms with Crippen LogP contribution in [0.15, 0.2) is 84.9 Å². The Labute approximate surface area is 336 Å². The van der Waals surface area contributed by atoms with Crippen molar-refractivity contribution in [2.24, 2.45) is 11.8 Å². The minimum atomic E-state index is -0.982. The zero-order valence-electron chi connectivity index (χ0n) is 32.0. The van der Waals surface area contributed by atoms with E-state index in [0.717, 1.165) is 52.5 Å². The van der Waals surface area contributed by atoms with E-state index in [9.17, 15) is 20.4 Å². The van der Waals surface area contributed by atoms with E-state index in [1.165, 1.54) is 50.2 Å². The predicted molar refractivity (Wildman–Crippen MR) is 210 cm³/mol. The molecule has 0 aromatic heterocycles. The summed E-state index contributed by atoms with van der Waals surface area (Å²) >= 11 is 0. The first kappa shape index (κ1) is 41.7. The summed E-state index contributed by atoms with van der Waals surface area (Å²) in [4.78, 5) is 0. The highest BCUT2D eigenvalue weighted by atomic mass is 79.9. The Morgan fingerprint density at radius 3 is 2.25 bits per heavy atom. The monoisotopic (exact) mass is 818 g/mol. The van der Waals surface area contributed by atoms with Crippen LogP contribution in [0.2, 0.25) is 0 Å². The average Bonchev–Trinajstić information content (AvgIpc) is 3.77. The van der Waals surface area contributed by atoms with Crippen molar-refractivity contribution in [3.63, 3.8) is 0 Å². The zero-order chi connectivity index (χ0) is 37.4. The van der Waals surface area contributed by atoms with Gasteiger partial charge in [0.05, 0.1) is 58.8 Å². The molecule has 0 amide bonds. The molecule has 4 aromatic rings. The second-order valence-electron chi connectivity index (χ2n) is 16.0. The summed E-state index contributed by atoms with van der Waals surface area (Å²) in [6, 6.07) is 27.9. The van der Waals surface area contributed by atoms with Crippen LogP contribution in [0.4, 0.5) is 0 Å². The van der Waals surface area contributed by atoms with Crippen LogP contribution >= 0.6 is 0 Å². The standard InChI is InChI=1S/C45H58N2O7.BrH/c48-29-38-26-37(16-17-42(38)49)43(50)27-46-20-24-52-30-33-12-14-34(15-13-33)31-53-25-23-47-21-18-36(19-22-47)44(28-47)54-32-45(51,39-8-2-3-9-39)41-11-5-7-35-6-1-4-10-40(35)41;/h1,4-7,10-17,26,36,39,43-44,46,48,50-51H,2-3,8-9,18-25,27-32H2;1H/t36?,43-,44-,45-,47?;/m0./s1. The summed E-state index contributed by atoms with van der Waals surface area (Å²) in [7, 11) is 0. The second kappa shape index (κ2) is 19.5. The van der Waals surface area contributed by atoms with Gasteiger partial charge in [-0.15, -0.1) is 0 Å². The number of aromatic hydroxyl groups is 1. The van der Waals surface area contributed by atoms with Crippen molar-refractivity contribution in [3.05, 3.63) is 113 Å². The van der Waals surface area contributed by atoms with Gasteiger partial charge in [0.2, 0.25) is 0 Å². The van der Waals surface area contributed by atoms with Crippen molar-refractivity contribution >= 4 is 10.8 Å². The van der Waals surface area contributed by atoms with Gasteiger partial charge in [0.15, 0.2) is 0 Å². The van der Waals surface area contributed by atoms with Crippen LogP contribution in [0.3, 0.4) is 0 Å². The number of piperidine rings is 3. The zero-order valence-corrected chi connectivity index (χ0v) is 33.5. The molecule has 3 atom stereocenters. The molecule has 1 aliphatic carbocycles. The van der Waals surface area contributed by atoms with E-state index in [1.54, 1.807) is 12.1 Å². The number of hydrogen-bond donors (Lipinski definition) is 5. The summed E-state index contributed by atoms with van der Waals surface area (Å²) in [6.07, 6.45) is 6.22. The molecule has 5 N–H and O–H groups in total. The molecule has 4 aromatic carbocycles. The molecule has 0 unspecified atom stereocenters. The third-order valence-corrected chi connectivity index (χ3v) is 12.5. The second-order valence-corrected chi connectivity index (χ2v) is 16.0. The molecule has 1 saturated carbocycles. The molecule has 9 nitrogen and oxygen atoms in total. The predicted octanol–water partition coefficient (Wildman–Crippen LogP) is 3.10. The minimum absolute atomic E-state index is 0. The van der Waals surface area contributed by atoms with Gasteiger partial charge in [0.25, 0.3) is 0 Å². The van der Waals surface area contributed by atoms with Crippen LogP contribution in [0, 0.1) is 11.8 Å². The lowest BCUT2D eigenvalue weighted by atomic mass is 9.78. The van der Waals surface area contributed by atoms with E-state index in [1.807, 2.05) is 0 Å². The maximum Gasteiger partial charge on any atom is 0.121 e. The Bertz CT molecular complexity index is 1790. The van der Waals surface area contributed by atoms with Crippen molar-refractivity contribution in [1.82, 2.24) is 5.32 Å². The highest BCUT2D eigenvalue weighted by molar-refractivity contribution is 5.86. The number of aliphatic hydroxyl groups excluding tert-OH is 2. The van der Waals surface area contributed by atoms with Crippen LogP contribution in [-0.4, -0.2) is 90.1 Å². The van der Waals surface area contributed by atoms with E-state index in [4.69, 9.17) is 14.2 Å². The molecule has 0 radical (unpaired) electrons. The minimum Gasteiger partial charge on any atom is -1.00 e. The molecule has 3 heterocycles. The van der Waals surface area contributed by atoms with Crippen molar-refractivity contribution in [1.29, 1.82) is 0 Å².